The van der Waals surface area contributed by atoms with E-state index in [1.807, 2.05) is 30.3 Å². The molecule has 0 saturated carbocycles. The fraction of sp³-hybridized carbons (Fsp3) is 0.240. The highest BCUT2D eigenvalue weighted by molar-refractivity contribution is 6.11. The lowest BCUT2D eigenvalue weighted by Gasteiger charge is -2.25. The van der Waals surface area contributed by atoms with E-state index in [0.29, 0.717) is 47.3 Å². The lowest BCUT2D eigenvalue weighted by Crippen LogP contribution is -2.42. The van der Waals surface area contributed by atoms with Crippen molar-refractivity contribution >= 4 is 11.6 Å². The molecule has 3 aliphatic rings. The van der Waals surface area contributed by atoms with E-state index in [9.17, 15) is 13.6 Å². The van der Waals surface area contributed by atoms with E-state index in [0.717, 1.165) is 5.56 Å². The number of hydrogen-bond donors (Lipinski definition) is 0. The lowest BCUT2D eigenvalue weighted by molar-refractivity contribution is -0.122. The van der Waals surface area contributed by atoms with Crippen molar-refractivity contribution in [3.63, 3.8) is 0 Å². The molecular formula is C25H19F2NO4. The molecule has 162 valence electrons. The second-order valence-corrected chi connectivity index (χ2v) is 8.15. The maximum atomic E-state index is 14.5. The predicted octanol–water partition coefficient (Wildman–Crippen LogP) is 4.29. The quantitative estimate of drug-likeness (QED) is 0.616. The summed E-state index contributed by atoms with van der Waals surface area (Å²) in [6, 6.07) is 15.2. The average molecular weight is 435 g/mol. The Kier molecular flexibility index (Phi) is 4.15. The number of benzene rings is 3. The number of para-hydroxylation sites is 1. The van der Waals surface area contributed by atoms with E-state index in [2.05, 4.69) is 0 Å². The van der Waals surface area contributed by atoms with Crippen LogP contribution in [0.4, 0.5) is 14.5 Å². The molecule has 5 nitrogen and oxygen atoms in total. The zero-order chi connectivity index (χ0) is 21.9. The Labute approximate surface area is 183 Å². The Morgan fingerprint density at radius 2 is 1.69 bits per heavy atom. The summed E-state index contributed by atoms with van der Waals surface area (Å²) in [6.45, 7) is 0.314. The van der Waals surface area contributed by atoms with Gasteiger partial charge in [-0.15, -0.1) is 0 Å². The van der Waals surface area contributed by atoms with Crippen LogP contribution in [0.2, 0.25) is 0 Å². The second-order valence-electron chi connectivity index (χ2n) is 8.15. The van der Waals surface area contributed by atoms with Gasteiger partial charge in [0.15, 0.2) is 11.5 Å². The molecular weight excluding hydrogens is 416 g/mol. The standard InChI is InChI=1S/C25H19F2NO4/c26-12-15-5-6-19(27)16(9-15)13-28-20-4-2-1-3-17(20)25(24(28)29)14-32-21-11-23-22(10-18(21)25)30-7-8-31-23/h1-6,9-11H,7-8,12-14H2. The molecule has 1 spiro atoms. The van der Waals surface area contributed by atoms with Gasteiger partial charge >= 0.3 is 0 Å². The van der Waals surface area contributed by atoms with E-state index < -0.39 is 17.9 Å². The van der Waals surface area contributed by atoms with Crippen LogP contribution in [0.3, 0.4) is 0 Å². The molecule has 0 radical (unpaired) electrons. The predicted molar refractivity (Wildman–Crippen MR) is 113 cm³/mol. The molecule has 0 bridgehead atoms. The van der Waals surface area contributed by atoms with Crippen molar-refractivity contribution < 1.29 is 27.8 Å². The number of anilines is 1. The van der Waals surface area contributed by atoms with Crippen molar-refractivity contribution in [3.05, 3.63) is 82.7 Å². The van der Waals surface area contributed by atoms with Gasteiger partial charge in [-0.1, -0.05) is 24.3 Å². The minimum Gasteiger partial charge on any atom is -0.491 e. The molecule has 3 aromatic carbocycles. The Morgan fingerprint density at radius 3 is 2.50 bits per heavy atom. The van der Waals surface area contributed by atoms with Gasteiger partial charge in [-0.3, -0.25) is 4.79 Å². The number of hydrogen-bond acceptors (Lipinski definition) is 4. The largest absolute Gasteiger partial charge is 0.491 e. The molecule has 3 aliphatic heterocycles. The summed E-state index contributed by atoms with van der Waals surface area (Å²) in [6.07, 6.45) is 0. The van der Waals surface area contributed by atoms with Crippen molar-refractivity contribution in [1.29, 1.82) is 0 Å². The third-order valence-corrected chi connectivity index (χ3v) is 6.41. The monoisotopic (exact) mass is 435 g/mol. The van der Waals surface area contributed by atoms with E-state index in [1.165, 1.54) is 18.2 Å². The van der Waals surface area contributed by atoms with Gasteiger partial charge in [0, 0.05) is 22.9 Å². The Bertz CT molecular complexity index is 1260. The van der Waals surface area contributed by atoms with Gasteiger partial charge in [-0.2, -0.15) is 0 Å². The van der Waals surface area contributed by atoms with Crippen molar-refractivity contribution in [2.24, 2.45) is 0 Å². The minimum atomic E-state index is -1.06. The van der Waals surface area contributed by atoms with Crippen molar-refractivity contribution in [2.45, 2.75) is 18.6 Å². The fourth-order valence-corrected chi connectivity index (χ4v) is 4.87. The lowest BCUT2D eigenvalue weighted by atomic mass is 9.77. The van der Waals surface area contributed by atoms with Crippen LogP contribution < -0.4 is 19.1 Å². The van der Waals surface area contributed by atoms with Crippen LogP contribution in [0.15, 0.2) is 54.6 Å². The van der Waals surface area contributed by atoms with Gasteiger partial charge in [0.25, 0.3) is 0 Å². The molecule has 3 aromatic rings. The molecule has 7 heteroatoms. The second kappa shape index (κ2) is 6.95. The Morgan fingerprint density at radius 1 is 0.906 bits per heavy atom. The van der Waals surface area contributed by atoms with Gasteiger partial charge in [0.05, 0.1) is 6.54 Å². The fourth-order valence-electron chi connectivity index (χ4n) is 4.87. The molecule has 0 aliphatic carbocycles. The first kappa shape index (κ1) is 19.1. The van der Waals surface area contributed by atoms with Gasteiger partial charge < -0.3 is 19.1 Å². The summed E-state index contributed by atoms with van der Waals surface area (Å²) in [4.78, 5) is 15.5. The average Bonchev–Trinajstić information content (AvgIpc) is 3.31. The van der Waals surface area contributed by atoms with Gasteiger partial charge in [0.1, 0.15) is 43.5 Å². The number of rotatable bonds is 3. The van der Waals surface area contributed by atoms with E-state index in [4.69, 9.17) is 14.2 Å². The summed E-state index contributed by atoms with van der Waals surface area (Å²) in [5.74, 6) is 1.05. The minimum absolute atomic E-state index is 0.00282. The first-order valence-electron chi connectivity index (χ1n) is 10.4. The molecule has 3 heterocycles. The SMILES string of the molecule is O=C1N(Cc2cc(CF)ccc2F)c2ccccc2C12COc1cc3c(cc12)OCCO3. The number of ether oxygens (including phenoxy) is 3. The molecule has 32 heavy (non-hydrogen) atoms. The molecule has 1 unspecified atom stereocenters. The number of carbonyl (C=O) groups excluding carboxylic acids is 1. The van der Waals surface area contributed by atoms with Crippen LogP contribution in [0.5, 0.6) is 17.2 Å². The molecule has 0 aromatic heterocycles. The van der Waals surface area contributed by atoms with Crippen LogP contribution in [-0.2, 0) is 23.4 Å². The third-order valence-electron chi connectivity index (χ3n) is 6.41. The smallest absolute Gasteiger partial charge is 0.246 e. The third kappa shape index (κ3) is 2.57. The Hall–Kier alpha value is -3.61. The number of alkyl halides is 1. The molecule has 0 saturated heterocycles. The number of nitrogens with zero attached hydrogens (tertiary/aromatic N) is 1. The number of halogens is 2. The van der Waals surface area contributed by atoms with Crippen molar-refractivity contribution in [1.82, 2.24) is 0 Å². The number of carbonyl (C=O) groups is 1. The van der Waals surface area contributed by atoms with Crippen molar-refractivity contribution in [2.75, 3.05) is 24.7 Å². The van der Waals surface area contributed by atoms with Crippen LogP contribution in [0.25, 0.3) is 0 Å². The summed E-state index contributed by atoms with van der Waals surface area (Å²) in [5.41, 5.74) is 1.77. The maximum absolute atomic E-state index is 14.5. The van der Waals surface area contributed by atoms with Crippen molar-refractivity contribution in [3.8, 4) is 17.2 Å². The highest BCUT2D eigenvalue weighted by Crippen LogP contribution is 2.55. The normalized spacial score (nSPS) is 20.3. The highest BCUT2D eigenvalue weighted by Gasteiger charge is 2.57. The summed E-state index contributed by atoms with van der Waals surface area (Å²) >= 11 is 0. The first-order valence-corrected chi connectivity index (χ1v) is 10.4. The Balaban J connectivity index is 1.48. The first-order chi connectivity index (χ1) is 15.6. The molecule has 0 fully saturated rings. The van der Waals surface area contributed by atoms with Gasteiger partial charge in [0.2, 0.25) is 5.91 Å². The molecule has 1 amide bonds. The summed E-state index contributed by atoms with van der Waals surface area (Å²) in [7, 11) is 0. The molecule has 0 N–H and O–H groups in total. The van der Waals surface area contributed by atoms with Crippen LogP contribution in [-0.4, -0.2) is 25.7 Å². The topological polar surface area (TPSA) is 48.0 Å². The van der Waals surface area contributed by atoms with Gasteiger partial charge in [-0.25, -0.2) is 8.78 Å². The van der Waals surface area contributed by atoms with Crippen LogP contribution >= 0.6 is 0 Å². The zero-order valence-electron chi connectivity index (χ0n) is 17.1. The summed E-state index contributed by atoms with van der Waals surface area (Å²) < 4.78 is 45.1. The van der Waals surface area contributed by atoms with E-state index in [-0.39, 0.29) is 24.6 Å². The number of amides is 1. The van der Waals surface area contributed by atoms with Crippen LogP contribution in [0, 0.1) is 5.82 Å². The molecule has 1 atom stereocenters. The summed E-state index contributed by atoms with van der Waals surface area (Å²) in [5, 5.41) is 0. The number of fused-ring (bicyclic) bond motifs is 5. The maximum Gasteiger partial charge on any atom is 0.246 e. The van der Waals surface area contributed by atoms with E-state index in [1.54, 1.807) is 11.0 Å². The highest BCUT2D eigenvalue weighted by atomic mass is 19.1. The van der Waals surface area contributed by atoms with Crippen LogP contribution in [0.1, 0.15) is 22.3 Å². The zero-order valence-corrected chi connectivity index (χ0v) is 17.1. The molecule has 6 rings (SSSR count). The van der Waals surface area contributed by atoms with E-state index >= 15 is 0 Å². The van der Waals surface area contributed by atoms with Gasteiger partial charge in [-0.05, 0) is 35.4 Å².